The molecule has 33 heavy (non-hydrogen) atoms. The van der Waals surface area contributed by atoms with Gasteiger partial charge < -0.3 is 9.45 Å². The van der Waals surface area contributed by atoms with Gasteiger partial charge in [0.25, 0.3) is 11.5 Å². The van der Waals surface area contributed by atoms with Gasteiger partial charge in [0.2, 0.25) is 5.95 Å². The van der Waals surface area contributed by atoms with Gasteiger partial charge in [-0.05, 0) is 39.8 Å². The number of aromatic nitrogens is 2. The molecule has 1 aromatic carbocycles. The zero-order chi connectivity index (χ0) is 24.9. The minimum atomic E-state index is -4.74. The third-order valence-corrected chi connectivity index (χ3v) is 6.88. The summed E-state index contributed by atoms with van der Waals surface area (Å²) >= 11 is -1.76. The van der Waals surface area contributed by atoms with E-state index >= 15 is 0 Å². The van der Waals surface area contributed by atoms with Crippen LogP contribution in [0.5, 0.6) is 0 Å². The van der Waals surface area contributed by atoms with Crippen molar-refractivity contribution in [1.29, 1.82) is 0 Å². The number of alkyl halides is 5. The molecule has 1 aromatic heterocycles. The smallest absolute Gasteiger partial charge is 0.416 e. The van der Waals surface area contributed by atoms with E-state index in [1.54, 1.807) is 20.8 Å². The zero-order valence-electron chi connectivity index (χ0n) is 18.9. The van der Waals surface area contributed by atoms with Crippen molar-refractivity contribution in [3.8, 4) is 0 Å². The Balaban J connectivity index is 2.26. The number of anilines is 1. The molecule has 1 saturated heterocycles. The summed E-state index contributed by atoms with van der Waals surface area (Å²) < 4.78 is 84.8. The lowest BCUT2D eigenvalue weighted by Crippen LogP contribution is -2.42. The molecule has 3 rings (SSSR count). The summed E-state index contributed by atoms with van der Waals surface area (Å²) in [6, 6.07) is 1.54. The maximum absolute atomic E-state index is 13.6. The second kappa shape index (κ2) is 8.53. The van der Waals surface area contributed by atoms with Crippen molar-refractivity contribution in [3.63, 3.8) is 0 Å². The zero-order valence-corrected chi connectivity index (χ0v) is 19.7. The third-order valence-electron chi connectivity index (χ3n) is 5.40. The molecule has 0 unspecified atom stereocenters. The van der Waals surface area contributed by atoms with Crippen LogP contribution in [0, 0.1) is 0 Å². The largest absolute Gasteiger partial charge is 0.591 e. The SMILES string of the molecule is C/C(=N/[S@+]([O-])C(C)(C)C)c1cc(C(F)(F)F)cc2c(=O)n(C)c(N3CCC(F)(F)CC3)nc12. The first kappa shape index (κ1) is 25.4. The first-order valence-electron chi connectivity index (χ1n) is 10.2. The average molecular weight is 493 g/mol. The van der Waals surface area contributed by atoms with E-state index in [0.717, 1.165) is 16.7 Å². The van der Waals surface area contributed by atoms with Crippen LogP contribution in [0.1, 0.15) is 51.7 Å². The molecule has 12 heteroatoms. The second-order valence-electron chi connectivity index (χ2n) is 9.07. The van der Waals surface area contributed by atoms with Gasteiger partial charge in [-0.3, -0.25) is 9.36 Å². The van der Waals surface area contributed by atoms with Crippen molar-refractivity contribution in [2.75, 3.05) is 18.0 Å². The third kappa shape index (κ3) is 5.32. The van der Waals surface area contributed by atoms with E-state index in [-0.39, 0.29) is 41.2 Å². The fraction of sp³-hybridized carbons (Fsp3) is 0.571. The number of benzene rings is 1. The molecule has 2 aromatic rings. The molecule has 0 aliphatic carbocycles. The van der Waals surface area contributed by atoms with E-state index in [4.69, 9.17) is 0 Å². The standard InChI is InChI=1S/C21H25F5N4O2S/c1-12(28-33(32)19(2,3)4)14-10-13(21(24,25)26)11-15-16(14)27-18(29(5)17(15)31)30-8-6-20(22,23)7-9-30/h10-11H,6-9H2,1-5H3/b28-12-/t33-/m1/s1. The normalized spacial score (nSPS) is 18.6. The first-order valence-corrected chi connectivity index (χ1v) is 11.3. The molecule has 1 fully saturated rings. The number of nitrogens with zero attached hydrogens (tertiary/aromatic N) is 4. The van der Waals surface area contributed by atoms with Gasteiger partial charge in [-0.2, -0.15) is 13.2 Å². The van der Waals surface area contributed by atoms with E-state index in [1.165, 1.54) is 18.9 Å². The maximum Gasteiger partial charge on any atom is 0.416 e. The molecule has 0 saturated carbocycles. The van der Waals surface area contributed by atoms with Gasteiger partial charge in [0, 0.05) is 38.5 Å². The molecular weight excluding hydrogens is 467 g/mol. The van der Waals surface area contributed by atoms with E-state index in [9.17, 15) is 31.3 Å². The highest BCUT2D eigenvalue weighted by Crippen LogP contribution is 2.34. The Morgan fingerprint density at radius 2 is 1.76 bits per heavy atom. The first-order chi connectivity index (χ1) is 15.0. The van der Waals surface area contributed by atoms with Crippen LogP contribution in [-0.4, -0.2) is 43.6 Å². The molecule has 1 aliphatic heterocycles. The molecule has 0 radical (unpaired) electrons. The molecule has 0 N–H and O–H groups in total. The summed E-state index contributed by atoms with van der Waals surface area (Å²) in [5.41, 5.74) is -1.92. The van der Waals surface area contributed by atoms with Crippen LogP contribution in [0.25, 0.3) is 10.9 Å². The van der Waals surface area contributed by atoms with Gasteiger partial charge >= 0.3 is 6.18 Å². The van der Waals surface area contributed by atoms with Crippen molar-refractivity contribution in [1.82, 2.24) is 9.55 Å². The highest BCUT2D eigenvalue weighted by Gasteiger charge is 2.36. The molecule has 182 valence electrons. The minimum absolute atomic E-state index is 0.0243. The van der Waals surface area contributed by atoms with Crippen molar-refractivity contribution in [2.45, 2.75) is 57.4 Å². The summed E-state index contributed by atoms with van der Waals surface area (Å²) in [6.07, 6.45) is -5.59. The number of hydrogen-bond acceptors (Lipinski definition) is 5. The fourth-order valence-corrected chi connectivity index (χ4v) is 4.05. The van der Waals surface area contributed by atoms with Gasteiger partial charge in [-0.15, -0.1) is 0 Å². The number of piperidine rings is 1. The van der Waals surface area contributed by atoms with E-state index in [2.05, 4.69) is 9.38 Å². The average Bonchev–Trinajstić information content (AvgIpc) is 2.68. The second-order valence-corrected chi connectivity index (χ2v) is 11.0. The lowest BCUT2D eigenvalue weighted by molar-refractivity contribution is -0.137. The summed E-state index contributed by atoms with van der Waals surface area (Å²) in [5, 5.41) is -0.287. The van der Waals surface area contributed by atoms with Crippen LogP contribution < -0.4 is 10.5 Å². The predicted octanol–water partition coefficient (Wildman–Crippen LogP) is 4.46. The summed E-state index contributed by atoms with van der Waals surface area (Å²) in [7, 11) is 1.34. The van der Waals surface area contributed by atoms with Crippen LogP contribution >= 0.6 is 0 Å². The Kier molecular flexibility index (Phi) is 6.57. The van der Waals surface area contributed by atoms with Gasteiger partial charge in [-0.25, -0.2) is 13.8 Å². The predicted molar refractivity (Wildman–Crippen MR) is 118 cm³/mol. The topological polar surface area (TPSA) is 73.6 Å². The lowest BCUT2D eigenvalue weighted by atomic mass is 10.0. The Hall–Kier alpha value is -2.21. The monoisotopic (exact) mass is 492 g/mol. The lowest BCUT2D eigenvalue weighted by Gasteiger charge is -2.33. The summed E-state index contributed by atoms with van der Waals surface area (Å²) in [5.74, 6) is -2.74. The van der Waals surface area contributed by atoms with Gasteiger partial charge in [0.05, 0.1) is 22.2 Å². The van der Waals surface area contributed by atoms with Crippen LogP contribution in [0.15, 0.2) is 21.3 Å². The van der Waals surface area contributed by atoms with E-state index in [1.807, 2.05) is 0 Å². The van der Waals surface area contributed by atoms with Crippen molar-refractivity contribution < 1.29 is 26.5 Å². The minimum Gasteiger partial charge on any atom is -0.591 e. The Morgan fingerprint density at radius 1 is 1.18 bits per heavy atom. The Morgan fingerprint density at radius 3 is 2.27 bits per heavy atom. The van der Waals surface area contributed by atoms with Crippen molar-refractivity contribution in [3.05, 3.63) is 33.6 Å². The molecule has 1 atom stereocenters. The molecular formula is C21H25F5N4O2S. The molecule has 2 heterocycles. The maximum atomic E-state index is 13.6. The number of fused-ring (bicyclic) bond motifs is 1. The fourth-order valence-electron chi connectivity index (χ4n) is 3.43. The van der Waals surface area contributed by atoms with Crippen LogP contribution in [0.2, 0.25) is 0 Å². The molecule has 6 nitrogen and oxygen atoms in total. The van der Waals surface area contributed by atoms with Crippen LogP contribution in [0.4, 0.5) is 27.9 Å². The molecule has 0 spiro atoms. The highest BCUT2D eigenvalue weighted by atomic mass is 32.2. The number of hydrogen-bond donors (Lipinski definition) is 0. The Bertz CT molecular complexity index is 1140. The van der Waals surface area contributed by atoms with Crippen LogP contribution in [-0.2, 0) is 24.6 Å². The van der Waals surface area contributed by atoms with Crippen LogP contribution in [0.3, 0.4) is 0 Å². The van der Waals surface area contributed by atoms with E-state index < -0.39 is 52.2 Å². The highest BCUT2D eigenvalue weighted by molar-refractivity contribution is 7.91. The number of halogens is 5. The quantitative estimate of drug-likeness (QED) is 0.360. The van der Waals surface area contributed by atoms with E-state index in [0.29, 0.717) is 0 Å². The number of rotatable bonds is 3. The van der Waals surface area contributed by atoms with Gasteiger partial charge in [-0.1, -0.05) is 4.40 Å². The summed E-state index contributed by atoms with van der Waals surface area (Å²) in [6.45, 7) is 6.29. The summed E-state index contributed by atoms with van der Waals surface area (Å²) in [4.78, 5) is 19.0. The van der Waals surface area contributed by atoms with Crippen molar-refractivity contribution >= 4 is 33.9 Å². The van der Waals surface area contributed by atoms with Crippen molar-refractivity contribution in [2.24, 2.45) is 11.4 Å². The Labute approximate surface area is 190 Å². The molecule has 0 bridgehead atoms. The van der Waals surface area contributed by atoms with Gasteiger partial charge in [0.15, 0.2) is 0 Å². The molecule has 0 amide bonds. The van der Waals surface area contributed by atoms with Gasteiger partial charge in [0.1, 0.15) is 16.1 Å². The molecule has 1 aliphatic rings.